The van der Waals surface area contributed by atoms with E-state index >= 15 is 0 Å². The summed E-state index contributed by atoms with van der Waals surface area (Å²) in [6, 6.07) is 0.0443. The van der Waals surface area contributed by atoms with Gasteiger partial charge in [-0.1, -0.05) is 6.92 Å². The molecule has 1 N–H and O–H groups in total. The monoisotopic (exact) mass is 334 g/mol. The molecule has 2 fully saturated rings. The predicted octanol–water partition coefficient (Wildman–Crippen LogP) is 1.72. The van der Waals surface area contributed by atoms with Crippen molar-refractivity contribution >= 4 is 5.91 Å². The summed E-state index contributed by atoms with van der Waals surface area (Å²) in [6.45, 7) is 9.60. The second-order valence-electron chi connectivity index (χ2n) is 7.42. The molecule has 0 aromatic carbocycles. The van der Waals surface area contributed by atoms with Gasteiger partial charge in [-0.05, 0) is 52.1 Å². The van der Waals surface area contributed by atoms with Crippen molar-refractivity contribution in [3.63, 3.8) is 0 Å². The first kappa shape index (κ1) is 17.4. The van der Waals surface area contributed by atoms with E-state index in [1.54, 1.807) is 0 Å². The minimum absolute atomic E-state index is 0.0443. The molecule has 24 heavy (non-hydrogen) atoms. The molecular formula is C18H30N4O2. The maximum absolute atomic E-state index is 12.5. The third-order valence-corrected chi connectivity index (χ3v) is 5.53. The number of aryl methyl sites for hydroxylation is 2. The molecule has 0 spiro atoms. The molecule has 3 rings (SSSR count). The van der Waals surface area contributed by atoms with Crippen LogP contribution in [0, 0.1) is 19.8 Å². The van der Waals surface area contributed by atoms with Crippen LogP contribution in [0.4, 0.5) is 0 Å². The molecule has 2 aliphatic heterocycles. The number of nitrogens with one attached hydrogen (secondary N) is 1. The van der Waals surface area contributed by atoms with Gasteiger partial charge in [0, 0.05) is 24.9 Å². The Hall–Kier alpha value is -1.40. The van der Waals surface area contributed by atoms with Crippen molar-refractivity contribution in [3.05, 3.63) is 17.0 Å². The molecule has 1 amide bonds. The quantitative estimate of drug-likeness (QED) is 0.911. The Morgan fingerprint density at radius 3 is 2.62 bits per heavy atom. The van der Waals surface area contributed by atoms with Crippen LogP contribution in [-0.2, 0) is 16.6 Å². The van der Waals surface area contributed by atoms with Gasteiger partial charge in [0.2, 0.25) is 5.91 Å². The summed E-state index contributed by atoms with van der Waals surface area (Å²) >= 11 is 0. The van der Waals surface area contributed by atoms with E-state index in [-0.39, 0.29) is 18.1 Å². The Bertz CT molecular complexity index is 590. The van der Waals surface area contributed by atoms with E-state index < -0.39 is 0 Å². The van der Waals surface area contributed by atoms with Gasteiger partial charge >= 0.3 is 0 Å². The minimum Gasteiger partial charge on any atom is -0.371 e. The number of nitrogens with zero attached hydrogens (tertiary/aromatic N) is 3. The summed E-state index contributed by atoms with van der Waals surface area (Å²) in [6.07, 6.45) is 3.16. The van der Waals surface area contributed by atoms with Crippen molar-refractivity contribution in [1.29, 1.82) is 0 Å². The van der Waals surface area contributed by atoms with Crippen LogP contribution >= 0.6 is 0 Å². The van der Waals surface area contributed by atoms with Gasteiger partial charge in [-0.2, -0.15) is 5.10 Å². The number of hydrogen-bond donors (Lipinski definition) is 1. The van der Waals surface area contributed by atoms with E-state index in [9.17, 15) is 4.79 Å². The van der Waals surface area contributed by atoms with Gasteiger partial charge in [-0.3, -0.25) is 14.4 Å². The first-order chi connectivity index (χ1) is 11.5. The second kappa shape index (κ2) is 7.23. The number of amides is 1. The van der Waals surface area contributed by atoms with Crippen LogP contribution < -0.4 is 5.32 Å². The van der Waals surface area contributed by atoms with Crippen molar-refractivity contribution in [1.82, 2.24) is 20.0 Å². The first-order valence-electron chi connectivity index (χ1n) is 9.09. The molecule has 0 unspecified atom stereocenters. The maximum atomic E-state index is 12.5. The highest BCUT2D eigenvalue weighted by molar-refractivity contribution is 5.78. The largest absolute Gasteiger partial charge is 0.371 e. The van der Waals surface area contributed by atoms with Crippen LogP contribution in [0.25, 0.3) is 0 Å². The molecule has 6 nitrogen and oxygen atoms in total. The van der Waals surface area contributed by atoms with Crippen LogP contribution in [0.15, 0.2) is 0 Å². The van der Waals surface area contributed by atoms with Crippen molar-refractivity contribution in [2.45, 2.75) is 52.2 Å². The molecule has 1 aromatic heterocycles. The number of rotatable bonds is 4. The fourth-order valence-corrected chi connectivity index (χ4v) is 3.90. The number of hydrogen-bond acceptors (Lipinski definition) is 4. The van der Waals surface area contributed by atoms with Gasteiger partial charge in [0.05, 0.1) is 18.3 Å². The zero-order chi connectivity index (χ0) is 17.3. The van der Waals surface area contributed by atoms with E-state index in [1.807, 2.05) is 18.7 Å². The Kier molecular flexibility index (Phi) is 5.25. The molecule has 134 valence electrons. The van der Waals surface area contributed by atoms with Crippen molar-refractivity contribution in [3.8, 4) is 0 Å². The lowest BCUT2D eigenvalue weighted by molar-refractivity contribution is -0.123. The minimum atomic E-state index is -0.0796. The standard InChI is InChI=1S/C18H30N4O2/c1-12-5-8-22(9-6-12)11-16(23)19-15-7-10-24-18(15)17-13(2)20-21(4)14(17)3/h12,15,18H,5-11H2,1-4H3,(H,19,23)/t15-,18-/m0/s1. The Labute approximate surface area is 144 Å². The highest BCUT2D eigenvalue weighted by Crippen LogP contribution is 2.33. The van der Waals surface area contributed by atoms with E-state index in [1.165, 1.54) is 12.8 Å². The topological polar surface area (TPSA) is 59.4 Å². The maximum Gasteiger partial charge on any atom is 0.234 e. The smallest absolute Gasteiger partial charge is 0.234 e. The molecule has 2 saturated heterocycles. The molecule has 2 atom stereocenters. The highest BCUT2D eigenvalue weighted by Gasteiger charge is 2.34. The molecular weight excluding hydrogens is 304 g/mol. The molecule has 2 aliphatic rings. The molecule has 0 saturated carbocycles. The van der Waals surface area contributed by atoms with Crippen LogP contribution in [0.2, 0.25) is 0 Å². The second-order valence-corrected chi connectivity index (χ2v) is 7.42. The molecule has 0 radical (unpaired) electrons. The number of likely N-dealkylation sites (tertiary alicyclic amines) is 1. The van der Waals surface area contributed by atoms with Crippen LogP contribution in [0.3, 0.4) is 0 Å². The summed E-state index contributed by atoms with van der Waals surface area (Å²) in [7, 11) is 1.95. The van der Waals surface area contributed by atoms with Crippen LogP contribution in [0.5, 0.6) is 0 Å². The molecule has 0 bridgehead atoms. The lowest BCUT2D eigenvalue weighted by atomic mass is 9.99. The van der Waals surface area contributed by atoms with Gasteiger partial charge in [-0.25, -0.2) is 0 Å². The molecule has 1 aromatic rings. The van der Waals surface area contributed by atoms with Gasteiger partial charge in [0.15, 0.2) is 0 Å². The molecule has 6 heteroatoms. The van der Waals surface area contributed by atoms with Gasteiger partial charge < -0.3 is 10.1 Å². The number of aromatic nitrogens is 2. The number of carbonyl (C=O) groups excluding carboxylic acids is 1. The van der Waals surface area contributed by atoms with E-state index in [0.717, 1.165) is 42.4 Å². The number of ether oxygens (including phenoxy) is 1. The third kappa shape index (κ3) is 3.64. The van der Waals surface area contributed by atoms with E-state index in [4.69, 9.17) is 4.74 Å². The highest BCUT2D eigenvalue weighted by atomic mass is 16.5. The van der Waals surface area contributed by atoms with E-state index in [2.05, 4.69) is 29.2 Å². The normalized spacial score (nSPS) is 26.0. The average Bonchev–Trinajstić information content (AvgIpc) is 3.06. The van der Waals surface area contributed by atoms with Crippen molar-refractivity contribution in [2.24, 2.45) is 13.0 Å². The summed E-state index contributed by atoms with van der Waals surface area (Å²) in [5, 5.41) is 7.69. The van der Waals surface area contributed by atoms with Gasteiger partial charge in [-0.15, -0.1) is 0 Å². The van der Waals surface area contributed by atoms with Crippen molar-refractivity contribution < 1.29 is 9.53 Å². The fraction of sp³-hybridized carbons (Fsp3) is 0.778. The zero-order valence-corrected chi connectivity index (χ0v) is 15.3. The Morgan fingerprint density at radius 2 is 2.00 bits per heavy atom. The van der Waals surface area contributed by atoms with Crippen LogP contribution in [-0.4, -0.2) is 52.9 Å². The summed E-state index contributed by atoms with van der Waals surface area (Å²) in [4.78, 5) is 14.7. The zero-order valence-electron chi connectivity index (χ0n) is 15.3. The third-order valence-electron chi connectivity index (χ3n) is 5.53. The van der Waals surface area contributed by atoms with E-state index in [0.29, 0.717) is 13.2 Å². The SMILES string of the molecule is Cc1nn(C)c(C)c1[C@H]1OCC[C@@H]1NC(=O)CN1CCC(C)CC1. The molecule has 3 heterocycles. The lowest BCUT2D eigenvalue weighted by Gasteiger charge is -2.30. The average molecular weight is 334 g/mol. The summed E-state index contributed by atoms with van der Waals surface area (Å²) < 4.78 is 7.84. The van der Waals surface area contributed by atoms with Crippen molar-refractivity contribution in [2.75, 3.05) is 26.2 Å². The summed E-state index contributed by atoms with van der Waals surface area (Å²) in [5.41, 5.74) is 3.24. The number of carbonyl (C=O) groups is 1. The Balaban J connectivity index is 1.60. The fourth-order valence-electron chi connectivity index (χ4n) is 3.90. The first-order valence-corrected chi connectivity index (χ1v) is 9.09. The Morgan fingerprint density at radius 1 is 1.29 bits per heavy atom. The lowest BCUT2D eigenvalue weighted by Crippen LogP contribution is -2.45. The summed E-state index contributed by atoms with van der Waals surface area (Å²) in [5.74, 6) is 0.901. The molecule has 0 aliphatic carbocycles. The predicted molar refractivity (Wildman–Crippen MR) is 92.8 cm³/mol. The van der Waals surface area contributed by atoms with Crippen LogP contribution in [0.1, 0.15) is 49.2 Å². The van der Waals surface area contributed by atoms with Gasteiger partial charge in [0.25, 0.3) is 0 Å². The number of piperidine rings is 1. The van der Waals surface area contributed by atoms with Gasteiger partial charge in [0.1, 0.15) is 6.10 Å².